The summed E-state index contributed by atoms with van der Waals surface area (Å²) in [5.74, 6) is 0. The molecule has 0 aliphatic carbocycles. The van der Waals surface area contributed by atoms with Crippen LogP contribution in [-0.2, 0) is 23.0 Å². The SMILES string of the molecule is CCc1ccc(CN)cc1S(=O)(=O)N(C)C(C)C(C)(C)C. The van der Waals surface area contributed by atoms with Crippen LogP contribution < -0.4 is 5.73 Å². The van der Waals surface area contributed by atoms with Gasteiger partial charge in [0.1, 0.15) is 0 Å². The van der Waals surface area contributed by atoms with Crippen molar-refractivity contribution in [3.05, 3.63) is 29.3 Å². The fourth-order valence-electron chi connectivity index (χ4n) is 2.17. The predicted molar refractivity (Wildman–Crippen MR) is 87.6 cm³/mol. The van der Waals surface area contributed by atoms with Gasteiger partial charge in [0.25, 0.3) is 0 Å². The van der Waals surface area contributed by atoms with Crippen molar-refractivity contribution in [2.24, 2.45) is 11.1 Å². The van der Waals surface area contributed by atoms with Gasteiger partial charge in [0, 0.05) is 19.6 Å². The Kier molecular flexibility index (Phi) is 5.58. The van der Waals surface area contributed by atoms with E-state index in [4.69, 9.17) is 5.73 Å². The van der Waals surface area contributed by atoms with Gasteiger partial charge in [0.2, 0.25) is 10.0 Å². The van der Waals surface area contributed by atoms with Crippen LogP contribution in [0.15, 0.2) is 23.1 Å². The molecule has 0 spiro atoms. The molecule has 1 rings (SSSR count). The van der Waals surface area contributed by atoms with E-state index in [9.17, 15) is 8.42 Å². The molecule has 120 valence electrons. The number of sulfonamides is 1. The minimum atomic E-state index is -3.52. The molecule has 0 aliphatic heterocycles. The number of hydrogen-bond donors (Lipinski definition) is 1. The Labute approximate surface area is 129 Å². The number of nitrogens with zero attached hydrogens (tertiary/aromatic N) is 1. The van der Waals surface area contributed by atoms with Crippen LogP contribution >= 0.6 is 0 Å². The van der Waals surface area contributed by atoms with Crippen LogP contribution in [0.2, 0.25) is 0 Å². The molecule has 0 saturated carbocycles. The second-order valence-electron chi connectivity index (χ2n) is 6.56. The van der Waals surface area contributed by atoms with Gasteiger partial charge in [-0.1, -0.05) is 39.8 Å². The van der Waals surface area contributed by atoms with E-state index in [1.807, 2.05) is 46.8 Å². The van der Waals surface area contributed by atoms with Gasteiger partial charge in [-0.25, -0.2) is 8.42 Å². The molecule has 1 unspecified atom stereocenters. The number of hydrogen-bond acceptors (Lipinski definition) is 3. The molecule has 0 amide bonds. The molecule has 0 saturated heterocycles. The maximum atomic E-state index is 13.0. The molecule has 0 heterocycles. The van der Waals surface area contributed by atoms with Gasteiger partial charge in [-0.3, -0.25) is 0 Å². The lowest BCUT2D eigenvalue weighted by atomic mass is 9.88. The minimum Gasteiger partial charge on any atom is -0.326 e. The zero-order chi connectivity index (χ0) is 16.4. The van der Waals surface area contributed by atoms with Gasteiger partial charge in [-0.15, -0.1) is 0 Å². The normalized spacial score (nSPS) is 14.5. The van der Waals surface area contributed by atoms with Crippen molar-refractivity contribution in [2.45, 2.75) is 58.5 Å². The number of aryl methyl sites for hydroxylation is 1. The molecular weight excluding hydrogens is 284 g/mol. The Morgan fingerprint density at radius 2 is 1.86 bits per heavy atom. The third-order valence-corrected chi connectivity index (χ3v) is 6.21. The highest BCUT2D eigenvalue weighted by molar-refractivity contribution is 7.89. The van der Waals surface area contributed by atoms with Gasteiger partial charge >= 0.3 is 0 Å². The Morgan fingerprint density at radius 1 is 1.29 bits per heavy atom. The monoisotopic (exact) mass is 312 g/mol. The van der Waals surface area contributed by atoms with Crippen LogP contribution in [0.4, 0.5) is 0 Å². The smallest absolute Gasteiger partial charge is 0.243 e. The van der Waals surface area contributed by atoms with Crippen LogP contribution in [-0.4, -0.2) is 25.8 Å². The lowest BCUT2D eigenvalue weighted by Gasteiger charge is -2.35. The molecule has 0 aromatic heterocycles. The zero-order valence-corrected chi connectivity index (χ0v) is 14.8. The average Bonchev–Trinajstić information content (AvgIpc) is 2.43. The fraction of sp³-hybridized carbons (Fsp3) is 0.625. The summed E-state index contributed by atoms with van der Waals surface area (Å²) in [4.78, 5) is 0.381. The number of benzene rings is 1. The summed E-state index contributed by atoms with van der Waals surface area (Å²) in [6, 6.07) is 5.36. The van der Waals surface area contributed by atoms with E-state index >= 15 is 0 Å². The molecule has 5 heteroatoms. The lowest BCUT2D eigenvalue weighted by Crippen LogP contribution is -2.43. The number of nitrogens with two attached hydrogens (primary N) is 1. The minimum absolute atomic E-state index is 0.103. The van der Waals surface area contributed by atoms with Gasteiger partial charge in [-0.05, 0) is 36.0 Å². The molecule has 1 aromatic carbocycles. The molecule has 0 aliphatic rings. The lowest BCUT2D eigenvalue weighted by molar-refractivity contribution is 0.216. The summed E-state index contributed by atoms with van der Waals surface area (Å²) in [5, 5.41) is 0. The molecule has 4 nitrogen and oxygen atoms in total. The van der Waals surface area contributed by atoms with E-state index in [1.165, 1.54) is 4.31 Å². The quantitative estimate of drug-likeness (QED) is 0.909. The molecule has 0 bridgehead atoms. The predicted octanol–water partition coefficient (Wildman–Crippen LogP) is 2.76. The average molecular weight is 312 g/mol. The Morgan fingerprint density at radius 3 is 2.29 bits per heavy atom. The van der Waals surface area contributed by atoms with E-state index in [0.717, 1.165) is 11.1 Å². The first-order chi connectivity index (χ1) is 9.55. The van der Waals surface area contributed by atoms with Crippen molar-refractivity contribution in [3.63, 3.8) is 0 Å². The summed E-state index contributed by atoms with van der Waals surface area (Å²) in [6.07, 6.45) is 0.678. The molecule has 2 N–H and O–H groups in total. The highest BCUT2D eigenvalue weighted by Gasteiger charge is 2.33. The standard InChI is InChI=1S/C16H28N2O2S/c1-7-14-9-8-13(11-17)10-15(14)21(19,20)18(6)12(2)16(3,4)5/h8-10,12H,7,11,17H2,1-6H3. The first kappa shape index (κ1) is 18.1. The molecule has 1 aromatic rings. The van der Waals surface area contributed by atoms with Crippen molar-refractivity contribution >= 4 is 10.0 Å². The Balaban J connectivity index is 3.36. The van der Waals surface area contributed by atoms with Gasteiger partial charge in [-0.2, -0.15) is 4.31 Å². The topological polar surface area (TPSA) is 63.4 Å². The third-order valence-electron chi connectivity index (χ3n) is 4.20. The maximum absolute atomic E-state index is 13.0. The summed E-state index contributed by atoms with van der Waals surface area (Å²) >= 11 is 0. The number of rotatable bonds is 5. The van der Waals surface area contributed by atoms with Crippen LogP contribution in [0, 0.1) is 5.41 Å². The van der Waals surface area contributed by atoms with Crippen molar-refractivity contribution in [1.82, 2.24) is 4.31 Å². The van der Waals surface area contributed by atoms with Crippen LogP contribution in [0.1, 0.15) is 45.7 Å². The third kappa shape index (κ3) is 3.84. The van der Waals surface area contributed by atoms with E-state index < -0.39 is 10.0 Å². The Hall–Kier alpha value is -0.910. The van der Waals surface area contributed by atoms with Crippen molar-refractivity contribution < 1.29 is 8.42 Å². The second kappa shape index (κ2) is 6.46. The van der Waals surface area contributed by atoms with E-state index in [2.05, 4.69) is 0 Å². The first-order valence-electron chi connectivity index (χ1n) is 7.35. The first-order valence-corrected chi connectivity index (χ1v) is 8.79. The van der Waals surface area contributed by atoms with Crippen molar-refractivity contribution in [3.8, 4) is 0 Å². The van der Waals surface area contributed by atoms with Crippen LogP contribution in [0.3, 0.4) is 0 Å². The summed E-state index contributed by atoms with van der Waals surface area (Å²) in [5.41, 5.74) is 7.19. The second-order valence-corrected chi connectivity index (χ2v) is 8.53. The highest BCUT2D eigenvalue weighted by Crippen LogP contribution is 2.29. The van der Waals surface area contributed by atoms with Crippen LogP contribution in [0.25, 0.3) is 0 Å². The molecular formula is C16H28N2O2S. The van der Waals surface area contributed by atoms with E-state index in [-0.39, 0.29) is 11.5 Å². The summed E-state index contributed by atoms with van der Waals surface area (Å²) < 4.78 is 27.4. The van der Waals surface area contributed by atoms with E-state index in [1.54, 1.807) is 13.1 Å². The van der Waals surface area contributed by atoms with Crippen molar-refractivity contribution in [1.29, 1.82) is 0 Å². The summed E-state index contributed by atoms with van der Waals surface area (Å²) in [7, 11) is -1.87. The molecule has 0 radical (unpaired) electrons. The van der Waals surface area contributed by atoms with Gasteiger partial charge in [0.05, 0.1) is 4.90 Å². The molecule has 21 heavy (non-hydrogen) atoms. The Bertz CT molecular complexity index is 589. The fourth-order valence-corrected chi connectivity index (χ4v) is 4.05. The van der Waals surface area contributed by atoms with Crippen molar-refractivity contribution in [2.75, 3.05) is 7.05 Å². The molecule has 1 atom stereocenters. The van der Waals surface area contributed by atoms with Gasteiger partial charge in [0.15, 0.2) is 0 Å². The van der Waals surface area contributed by atoms with Gasteiger partial charge < -0.3 is 5.73 Å². The largest absolute Gasteiger partial charge is 0.326 e. The summed E-state index contributed by atoms with van der Waals surface area (Å²) in [6.45, 7) is 10.4. The molecule has 0 fully saturated rings. The van der Waals surface area contributed by atoms with Crippen LogP contribution in [0.5, 0.6) is 0 Å². The zero-order valence-electron chi connectivity index (χ0n) is 14.0. The maximum Gasteiger partial charge on any atom is 0.243 e. The van der Waals surface area contributed by atoms with E-state index in [0.29, 0.717) is 17.9 Å². The highest BCUT2D eigenvalue weighted by atomic mass is 32.2.